The average Bonchev–Trinajstić information content (AvgIpc) is 2.18. The second-order valence-electron chi connectivity index (χ2n) is 3.53. The van der Waals surface area contributed by atoms with Gasteiger partial charge in [0, 0.05) is 0 Å². The molecule has 1 aromatic rings. The molecule has 78 valence electrons. The van der Waals surface area contributed by atoms with E-state index in [1.807, 2.05) is 45.1 Å². The Balaban J connectivity index is 3.21. The fraction of sp³-hybridized carbons (Fsp3) is 0.308. The van der Waals surface area contributed by atoms with Crippen molar-refractivity contribution in [3.63, 3.8) is 0 Å². The molecule has 0 bridgehead atoms. The maximum atomic E-state index is 10.2. The van der Waals surface area contributed by atoms with Crippen molar-refractivity contribution in [1.29, 1.82) is 0 Å². The Bertz CT molecular complexity index is 415. The number of rotatable bonds is 3. The third-order valence-electron chi connectivity index (χ3n) is 2.28. The van der Waals surface area contributed by atoms with Gasteiger partial charge in [-0.25, -0.2) is 4.79 Å². The molecule has 0 saturated carbocycles. The number of carbonyl (C=O) groups excluding carboxylic acids is 1. The summed E-state index contributed by atoms with van der Waals surface area (Å²) in [5.74, 6) is 0. The van der Waals surface area contributed by atoms with Gasteiger partial charge in [0.05, 0.1) is 6.04 Å². The summed E-state index contributed by atoms with van der Waals surface area (Å²) in [6.45, 7) is 5.91. The molecule has 1 unspecified atom stereocenters. The zero-order valence-corrected chi connectivity index (χ0v) is 9.32. The summed E-state index contributed by atoms with van der Waals surface area (Å²) in [7, 11) is 0. The second kappa shape index (κ2) is 5.28. The molecule has 0 aliphatic carbocycles. The highest BCUT2D eigenvalue weighted by Gasteiger charge is 2.07. The van der Waals surface area contributed by atoms with Crippen molar-refractivity contribution in [1.82, 2.24) is 0 Å². The minimum Gasteiger partial charge on any atom is -0.211 e. The second-order valence-corrected chi connectivity index (χ2v) is 3.53. The molecule has 0 radical (unpaired) electrons. The first-order valence-corrected chi connectivity index (χ1v) is 4.99. The van der Waals surface area contributed by atoms with Gasteiger partial charge in [0.2, 0.25) is 6.08 Å². The predicted octanol–water partition coefficient (Wildman–Crippen LogP) is 3.42. The molecule has 0 aromatic heterocycles. The van der Waals surface area contributed by atoms with E-state index in [2.05, 4.69) is 11.1 Å². The Morgan fingerprint density at radius 3 is 2.80 bits per heavy atom. The Morgan fingerprint density at radius 2 is 2.20 bits per heavy atom. The summed E-state index contributed by atoms with van der Waals surface area (Å²) in [5.41, 5.74) is 3.38. The fourth-order valence-corrected chi connectivity index (χ4v) is 1.55. The van der Waals surface area contributed by atoms with Crippen molar-refractivity contribution >= 4 is 12.2 Å². The van der Waals surface area contributed by atoms with Crippen molar-refractivity contribution in [3.8, 4) is 0 Å². The molecule has 0 spiro atoms. The minimum absolute atomic E-state index is 0.130. The third kappa shape index (κ3) is 2.90. The zero-order valence-electron chi connectivity index (χ0n) is 9.32. The Kier molecular flexibility index (Phi) is 4.02. The van der Waals surface area contributed by atoms with Gasteiger partial charge in [-0.05, 0) is 31.9 Å². The highest BCUT2D eigenvalue weighted by molar-refractivity contribution is 5.56. The van der Waals surface area contributed by atoms with Crippen LogP contribution in [0.15, 0.2) is 29.3 Å². The average molecular weight is 201 g/mol. The number of aryl methyl sites for hydroxylation is 1. The summed E-state index contributed by atoms with van der Waals surface area (Å²) in [6, 6.07) is 6.00. The lowest BCUT2D eigenvalue weighted by Gasteiger charge is -2.09. The molecule has 0 aliphatic rings. The monoisotopic (exact) mass is 201 g/mol. The summed E-state index contributed by atoms with van der Waals surface area (Å²) < 4.78 is 0. The summed E-state index contributed by atoms with van der Waals surface area (Å²) in [6.07, 6.45) is 5.61. The van der Waals surface area contributed by atoms with E-state index >= 15 is 0 Å². The van der Waals surface area contributed by atoms with Crippen molar-refractivity contribution < 1.29 is 4.79 Å². The molecule has 1 rings (SSSR count). The normalized spacial score (nSPS) is 12.5. The van der Waals surface area contributed by atoms with E-state index in [-0.39, 0.29) is 6.04 Å². The molecule has 0 amide bonds. The standard InChI is InChI=1S/C13H15NO/c1-4-5-12-8-10(2)6-7-13(12)11(3)14-9-15/h4-8,11H,1-3H3/b5-4+. The molecule has 0 heterocycles. The summed E-state index contributed by atoms with van der Waals surface area (Å²) in [4.78, 5) is 13.9. The quantitative estimate of drug-likeness (QED) is 0.544. The van der Waals surface area contributed by atoms with E-state index in [1.54, 1.807) is 6.08 Å². The van der Waals surface area contributed by atoms with Gasteiger partial charge < -0.3 is 0 Å². The van der Waals surface area contributed by atoms with Gasteiger partial charge in [-0.1, -0.05) is 35.9 Å². The number of nitrogens with zero attached hydrogens (tertiary/aromatic N) is 1. The predicted molar refractivity (Wildman–Crippen MR) is 62.4 cm³/mol. The SMILES string of the molecule is C/C=C/c1cc(C)ccc1C(C)N=C=O. The van der Waals surface area contributed by atoms with E-state index in [0.29, 0.717) is 0 Å². The maximum absolute atomic E-state index is 10.2. The van der Waals surface area contributed by atoms with E-state index in [0.717, 1.165) is 11.1 Å². The van der Waals surface area contributed by atoms with Crippen LogP contribution < -0.4 is 0 Å². The number of benzene rings is 1. The van der Waals surface area contributed by atoms with E-state index in [1.165, 1.54) is 5.56 Å². The zero-order chi connectivity index (χ0) is 11.3. The van der Waals surface area contributed by atoms with Crippen LogP contribution in [0.3, 0.4) is 0 Å². The maximum Gasteiger partial charge on any atom is 0.235 e. The largest absolute Gasteiger partial charge is 0.235 e. The van der Waals surface area contributed by atoms with Crippen LogP contribution in [0.4, 0.5) is 0 Å². The van der Waals surface area contributed by atoms with Crippen LogP contribution in [-0.2, 0) is 4.79 Å². The molecule has 1 aromatic carbocycles. The van der Waals surface area contributed by atoms with Crippen LogP contribution >= 0.6 is 0 Å². The van der Waals surface area contributed by atoms with Gasteiger partial charge in [-0.2, -0.15) is 4.99 Å². The summed E-state index contributed by atoms with van der Waals surface area (Å²) >= 11 is 0. The fourth-order valence-electron chi connectivity index (χ4n) is 1.55. The molecular formula is C13H15NO. The van der Waals surface area contributed by atoms with Crippen LogP contribution in [0.2, 0.25) is 0 Å². The molecule has 2 nitrogen and oxygen atoms in total. The van der Waals surface area contributed by atoms with Crippen molar-refractivity contribution in [2.45, 2.75) is 26.8 Å². The van der Waals surface area contributed by atoms with Crippen LogP contribution in [0, 0.1) is 6.92 Å². The number of hydrogen-bond acceptors (Lipinski definition) is 2. The first-order chi connectivity index (χ1) is 7.19. The lowest BCUT2D eigenvalue weighted by atomic mass is 9.99. The minimum atomic E-state index is -0.130. The topological polar surface area (TPSA) is 29.4 Å². The van der Waals surface area contributed by atoms with Crippen LogP contribution in [0.1, 0.15) is 36.6 Å². The number of aliphatic imine (C=N–C) groups is 1. The Morgan fingerprint density at radius 1 is 1.47 bits per heavy atom. The van der Waals surface area contributed by atoms with Gasteiger partial charge in [0.25, 0.3) is 0 Å². The van der Waals surface area contributed by atoms with Gasteiger partial charge in [0.15, 0.2) is 0 Å². The van der Waals surface area contributed by atoms with E-state index in [4.69, 9.17) is 0 Å². The van der Waals surface area contributed by atoms with Gasteiger partial charge in [-0.15, -0.1) is 0 Å². The number of allylic oxidation sites excluding steroid dienone is 1. The van der Waals surface area contributed by atoms with E-state index in [9.17, 15) is 4.79 Å². The molecule has 2 heteroatoms. The van der Waals surface area contributed by atoms with Crippen LogP contribution in [-0.4, -0.2) is 6.08 Å². The lowest BCUT2D eigenvalue weighted by Crippen LogP contribution is -1.94. The van der Waals surface area contributed by atoms with Crippen molar-refractivity contribution in [2.24, 2.45) is 4.99 Å². The van der Waals surface area contributed by atoms with Crippen LogP contribution in [0.5, 0.6) is 0 Å². The first-order valence-electron chi connectivity index (χ1n) is 4.99. The van der Waals surface area contributed by atoms with Gasteiger partial charge in [0.1, 0.15) is 0 Å². The van der Waals surface area contributed by atoms with Gasteiger partial charge >= 0.3 is 0 Å². The molecular weight excluding hydrogens is 186 g/mol. The number of hydrogen-bond donors (Lipinski definition) is 0. The first kappa shape index (κ1) is 11.4. The number of isocyanates is 1. The molecule has 0 fully saturated rings. The van der Waals surface area contributed by atoms with E-state index < -0.39 is 0 Å². The molecule has 15 heavy (non-hydrogen) atoms. The Hall–Kier alpha value is -1.66. The Labute approximate surface area is 90.4 Å². The lowest BCUT2D eigenvalue weighted by molar-refractivity contribution is 0.559. The van der Waals surface area contributed by atoms with Crippen molar-refractivity contribution in [3.05, 3.63) is 41.0 Å². The molecule has 0 N–H and O–H groups in total. The summed E-state index contributed by atoms with van der Waals surface area (Å²) in [5, 5.41) is 0. The molecule has 0 aliphatic heterocycles. The van der Waals surface area contributed by atoms with Crippen LogP contribution in [0.25, 0.3) is 6.08 Å². The third-order valence-corrected chi connectivity index (χ3v) is 2.28. The highest BCUT2D eigenvalue weighted by Crippen LogP contribution is 2.23. The smallest absolute Gasteiger partial charge is 0.211 e. The van der Waals surface area contributed by atoms with Gasteiger partial charge in [-0.3, -0.25) is 0 Å². The highest BCUT2D eigenvalue weighted by atomic mass is 16.1. The molecule has 0 saturated heterocycles. The van der Waals surface area contributed by atoms with Crippen molar-refractivity contribution in [2.75, 3.05) is 0 Å². The molecule has 1 atom stereocenters.